The van der Waals surface area contributed by atoms with Gasteiger partial charge in [0, 0.05) is 30.7 Å². The molecule has 3 rings (SSSR count). The number of carbonyl (C=O) groups is 1. The Balaban J connectivity index is 1.55. The van der Waals surface area contributed by atoms with Crippen LogP contribution in [0.1, 0.15) is 9.67 Å². The summed E-state index contributed by atoms with van der Waals surface area (Å²) in [6.45, 7) is 1.19. The highest BCUT2D eigenvalue weighted by Crippen LogP contribution is 2.16. The summed E-state index contributed by atoms with van der Waals surface area (Å²) in [6.07, 6.45) is 7.30. The summed E-state index contributed by atoms with van der Waals surface area (Å²) in [5, 5.41) is 9.08. The molecule has 0 spiro atoms. The van der Waals surface area contributed by atoms with E-state index in [2.05, 4.69) is 15.4 Å². The molecule has 0 aliphatic rings. The first-order valence-electron chi connectivity index (χ1n) is 6.57. The van der Waals surface area contributed by atoms with Gasteiger partial charge in [0.1, 0.15) is 0 Å². The highest BCUT2D eigenvalue weighted by molar-refractivity contribution is 7.12. The Morgan fingerprint density at radius 2 is 2.10 bits per heavy atom. The second-order valence-corrected chi connectivity index (χ2v) is 5.41. The number of rotatable bonds is 5. The number of hydrogen-bond donors (Lipinski definition) is 1. The fourth-order valence-corrected chi connectivity index (χ4v) is 2.60. The number of pyridine rings is 1. The monoisotopic (exact) mass is 298 g/mol. The summed E-state index contributed by atoms with van der Waals surface area (Å²) in [5.74, 6) is -0.0356. The Bertz CT molecular complexity index is 706. The number of thiophene rings is 1. The summed E-state index contributed by atoms with van der Waals surface area (Å²) in [6, 6.07) is 7.57. The van der Waals surface area contributed by atoms with Crippen molar-refractivity contribution in [2.75, 3.05) is 6.54 Å². The molecule has 3 aromatic rings. The van der Waals surface area contributed by atoms with E-state index < -0.39 is 0 Å². The van der Waals surface area contributed by atoms with Crippen molar-refractivity contribution in [3.63, 3.8) is 0 Å². The van der Waals surface area contributed by atoms with Crippen LogP contribution in [0.5, 0.6) is 0 Å². The van der Waals surface area contributed by atoms with Crippen molar-refractivity contribution in [1.82, 2.24) is 20.1 Å². The van der Waals surface area contributed by atoms with E-state index in [1.54, 1.807) is 12.4 Å². The molecule has 1 N–H and O–H groups in total. The maximum atomic E-state index is 11.8. The first-order valence-corrected chi connectivity index (χ1v) is 7.45. The van der Waals surface area contributed by atoms with Gasteiger partial charge in [0.05, 0.1) is 17.6 Å². The van der Waals surface area contributed by atoms with Gasteiger partial charge in [-0.2, -0.15) is 5.10 Å². The molecular weight excluding hydrogens is 284 g/mol. The van der Waals surface area contributed by atoms with Gasteiger partial charge < -0.3 is 5.32 Å². The molecule has 0 saturated carbocycles. The van der Waals surface area contributed by atoms with Crippen molar-refractivity contribution >= 4 is 17.2 Å². The molecule has 3 aromatic heterocycles. The predicted molar refractivity (Wildman–Crippen MR) is 82.1 cm³/mol. The van der Waals surface area contributed by atoms with Crippen molar-refractivity contribution in [2.24, 2.45) is 0 Å². The molecule has 3 heterocycles. The van der Waals surface area contributed by atoms with Crippen LogP contribution in [-0.4, -0.2) is 27.2 Å². The lowest BCUT2D eigenvalue weighted by Gasteiger charge is -2.03. The summed E-state index contributed by atoms with van der Waals surface area (Å²) in [5.41, 5.74) is 2.13. The minimum atomic E-state index is -0.0356. The highest BCUT2D eigenvalue weighted by Gasteiger charge is 2.06. The number of aromatic nitrogens is 3. The summed E-state index contributed by atoms with van der Waals surface area (Å²) in [4.78, 5) is 16.5. The zero-order valence-electron chi connectivity index (χ0n) is 11.3. The van der Waals surface area contributed by atoms with Gasteiger partial charge in [-0.15, -0.1) is 11.3 Å². The Hall–Kier alpha value is -2.47. The molecule has 0 radical (unpaired) electrons. The molecule has 1 amide bonds. The number of nitrogens with one attached hydrogen (secondary N) is 1. The van der Waals surface area contributed by atoms with Crippen LogP contribution in [0.25, 0.3) is 11.1 Å². The number of hydrogen-bond acceptors (Lipinski definition) is 4. The second kappa shape index (κ2) is 6.32. The summed E-state index contributed by atoms with van der Waals surface area (Å²) < 4.78 is 1.82. The van der Waals surface area contributed by atoms with E-state index in [4.69, 9.17) is 0 Å². The molecule has 0 bridgehead atoms. The van der Waals surface area contributed by atoms with Crippen molar-refractivity contribution < 1.29 is 4.79 Å². The minimum absolute atomic E-state index is 0.0356. The third-order valence-corrected chi connectivity index (χ3v) is 3.89. The molecule has 6 heteroatoms. The summed E-state index contributed by atoms with van der Waals surface area (Å²) >= 11 is 1.44. The lowest BCUT2D eigenvalue weighted by atomic mass is 10.1. The zero-order valence-corrected chi connectivity index (χ0v) is 12.1. The van der Waals surface area contributed by atoms with Crippen molar-refractivity contribution in [2.45, 2.75) is 6.54 Å². The van der Waals surface area contributed by atoms with Crippen LogP contribution in [0.15, 0.2) is 54.4 Å². The van der Waals surface area contributed by atoms with Crippen LogP contribution < -0.4 is 5.32 Å². The maximum absolute atomic E-state index is 11.8. The molecule has 0 aliphatic heterocycles. The van der Waals surface area contributed by atoms with Crippen LogP contribution in [0, 0.1) is 0 Å². The first-order chi connectivity index (χ1) is 10.3. The molecule has 106 valence electrons. The van der Waals surface area contributed by atoms with Gasteiger partial charge in [-0.3, -0.25) is 14.5 Å². The van der Waals surface area contributed by atoms with E-state index in [0.717, 1.165) is 16.0 Å². The SMILES string of the molecule is O=C(NCCn1cc(-c2ccncc2)cn1)c1cccs1. The van der Waals surface area contributed by atoms with E-state index in [0.29, 0.717) is 13.1 Å². The molecular formula is C15H14N4OS. The number of carbonyl (C=O) groups excluding carboxylic acids is 1. The molecule has 0 atom stereocenters. The maximum Gasteiger partial charge on any atom is 0.261 e. The van der Waals surface area contributed by atoms with Gasteiger partial charge in [-0.25, -0.2) is 0 Å². The van der Waals surface area contributed by atoms with Gasteiger partial charge in [0.25, 0.3) is 5.91 Å². The van der Waals surface area contributed by atoms with Crippen molar-refractivity contribution in [1.29, 1.82) is 0 Å². The van der Waals surface area contributed by atoms with Gasteiger partial charge in [0.2, 0.25) is 0 Å². The third kappa shape index (κ3) is 3.35. The molecule has 0 saturated heterocycles. The highest BCUT2D eigenvalue weighted by atomic mass is 32.1. The largest absolute Gasteiger partial charge is 0.349 e. The predicted octanol–water partition coefficient (Wildman–Crippen LogP) is 2.44. The molecule has 21 heavy (non-hydrogen) atoms. The first kappa shape index (κ1) is 13.5. The van der Waals surface area contributed by atoms with Crippen LogP contribution >= 0.6 is 11.3 Å². The standard InChI is InChI=1S/C15H14N4OS/c20-15(14-2-1-9-21-14)17-7-8-19-11-13(10-18-19)12-3-5-16-6-4-12/h1-6,9-11H,7-8H2,(H,17,20). The Morgan fingerprint density at radius 3 is 2.86 bits per heavy atom. The van der Waals surface area contributed by atoms with Crippen LogP contribution in [-0.2, 0) is 6.54 Å². The van der Waals surface area contributed by atoms with E-state index in [1.807, 2.05) is 46.7 Å². The Morgan fingerprint density at radius 1 is 1.24 bits per heavy atom. The molecule has 0 unspecified atom stereocenters. The van der Waals surface area contributed by atoms with Crippen LogP contribution in [0.2, 0.25) is 0 Å². The van der Waals surface area contributed by atoms with E-state index >= 15 is 0 Å². The molecule has 5 nitrogen and oxygen atoms in total. The second-order valence-electron chi connectivity index (χ2n) is 4.46. The Kier molecular flexibility index (Phi) is 4.07. The van der Waals surface area contributed by atoms with Gasteiger partial charge in [0.15, 0.2) is 0 Å². The van der Waals surface area contributed by atoms with E-state index in [-0.39, 0.29) is 5.91 Å². The zero-order chi connectivity index (χ0) is 14.5. The normalized spacial score (nSPS) is 10.5. The quantitative estimate of drug-likeness (QED) is 0.787. The number of amides is 1. The van der Waals surface area contributed by atoms with Gasteiger partial charge in [-0.1, -0.05) is 6.07 Å². The van der Waals surface area contributed by atoms with Crippen LogP contribution in [0.3, 0.4) is 0 Å². The topological polar surface area (TPSA) is 59.8 Å². The van der Waals surface area contributed by atoms with Crippen LogP contribution in [0.4, 0.5) is 0 Å². The minimum Gasteiger partial charge on any atom is -0.349 e. The lowest BCUT2D eigenvalue weighted by Crippen LogP contribution is -2.26. The fourth-order valence-electron chi connectivity index (χ4n) is 1.96. The third-order valence-electron chi connectivity index (χ3n) is 3.02. The van der Waals surface area contributed by atoms with Crippen molar-refractivity contribution in [3.05, 3.63) is 59.3 Å². The smallest absolute Gasteiger partial charge is 0.261 e. The van der Waals surface area contributed by atoms with E-state index in [9.17, 15) is 4.79 Å². The molecule has 0 aromatic carbocycles. The number of nitrogens with zero attached hydrogens (tertiary/aromatic N) is 3. The van der Waals surface area contributed by atoms with Crippen molar-refractivity contribution in [3.8, 4) is 11.1 Å². The average Bonchev–Trinajstić information content (AvgIpc) is 3.20. The lowest BCUT2D eigenvalue weighted by molar-refractivity contribution is 0.0956. The van der Waals surface area contributed by atoms with Gasteiger partial charge in [-0.05, 0) is 29.1 Å². The average molecular weight is 298 g/mol. The summed E-state index contributed by atoms with van der Waals surface area (Å²) in [7, 11) is 0. The Labute approximate surface area is 126 Å². The molecule has 0 fully saturated rings. The van der Waals surface area contributed by atoms with E-state index in [1.165, 1.54) is 11.3 Å². The molecule has 0 aliphatic carbocycles. The van der Waals surface area contributed by atoms with Gasteiger partial charge >= 0.3 is 0 Å². The fraction of sp³-hybridized carbons (Fsp3) is 0.133.